The van der Waals surface area contributed by atoms with E-state index in [2.05, 4.69) is 6.07 Å². The molecule has 0 saturated carbocycles. The molecule has 4 heteroatoms. The molecule has 0 fully saturated rings. The third kappa shape index (κ3) is 4.47. The maximum atomic E-state index is 9.00. The molecule has 82 valence electrons. The number of aryl methyl sites for hydroxylation is 1. The van der Waals surface area contributed by atoms with E-state index in [0.29, 0.717) is 0 Å². The minimum Gasteiger partial charge on any atom is -0.344 e. The second-order valence-corrected chi connectivity index (χ2v) is 4.06. The minimum absolute atomic E-state index is 0.142. The summed E-state index contributed by atoms with van der Waals surface area (Å²) in [5, 5.41) is 18.0. The third-order valence-corrected chi connectivity index (χ3v) is 2.22. The summed E-state index contributed by atoms with van der Waals surface area (Å²) in [7, 11) is 0. The van der Waals surface area contributed by atoms with Crippen molar-refractivity contribution in [1.82, 2.24) is 0 Å². The lowest BCUT2D eigenvalue weighted by Gasteiger charge is -2.18. The summed E-state index contributed by atoms with van der Waals surface area (Å²) in [6.07, 6.45) is 0. The van der Waals surface area contributed by atoms with E-state index in [1.807, 2.05) is 31.9 Å². The molecular weight excluding hydrogens is 191 g/mol. The molecular formula is C11H17BO3. The zero-order chi connectivity index (χ0) is 11.5. The van der Waals surface area contributed by atoms with Crippen LogP contribution in [0.3, 0.4) is 0 Å². The molecule has 0 aliphatic heterocycles. The summed E-state index contributed by atoms with van der Waals surface area (Å²) in [5.74, 6) is -2.04. The summed E-state index contributed by atoms with van der Waals surface area (Å²) in [4.78, 5) is 0. The molecule has 1 aromatic carbocycles. The van der Waals surface area contributed by atoms with Gasteiger partial charge < -0.3 is 14.9 Å². The van der Waals surface area contributed by atoms with E-state index in [1.54, 1.807) is 0 Å². The molecule has 0 bridgehead atoms. The van der Waals surface area contributed by atoms with Gasteiger partial charge in [0.25, 0.3) is 5.97 Å². The summed E-state index contributed by atoms with van der Waals surface area (Å²) < 4.78 is 4.90. The lowest BCUT2D eigenvalue weighted by atomic mass is 9.48. The normalized spacial score (nSPS) is 11.5. The molecule has 3 nitrogen and oxygen atoms in total. The number of hydrogen-bond acceptors (Lipinski definition) is 3. The molecule has 0 radical (unpaired) electrons. The highest BCUT2D eigenvalue weighted by molar-refractivity contribution is 6.71. The Balaban J connectivity index is 2.58. The Kier molecular flexibility index (Phi) is 3.91. The largest absolute Gasteiger partial charge is 0.344 e. The molecule has 0 aromatic heterocycles. The fourth-order valence-corrected chi connectivity index (χ4v) is 1.36. The highest BCUT2D eigenvalue weighted by atomic mass is 16.8. The van der Waals surface area contributed by atoms with Gasteiger partial charge in [0.2, 0.25) is 6.71 Å². The number of rotatable bonds is 4. The fraction of sp³-hybridized carbons (Fsp3) is 0.455. The van der Waals surface area contributed by atoms with E-state index >= 15 is 0 Å². The Hall–Kier alpha value is -0.835. The topological polar surface area (TPSA) is 49.7 Å². The molecule has 0 spiro atoms. The number of hydrogen-bond donors (Lipinski definition) is 2. The van der Waals surface area contributed by atoms with Crippen molar-refractivity contribution in [3.63, 3.8) is 0 Å². The number of ether oxygens (including phenoxy) is 1. The van der Waals surface area contributed by atoms with Crippen LogP contribution in [0.4, 0.5) is 0 Å². The maximum Gasteiger partial charge on any atom is 0.274 e. The van der Waals surface area contributed by atoms with Crippen LogP contribution in [0, 0.1) is 6.92 Å². The summed E-state index contributed by atoms with van der Waals surface area (Å²) in [5.41, 5.74) is 2.33. The van der Waals surface area contributed by atoms with Gasteiger partial charge in [0.15, 0.2) is 0 Å². The average Bonchev–Trinajstić information content (AvgIpc) is 2.13. The first kappa shape index (κ1) is 12.2. The molecule has 0 heterocycles. The molecule has 1 rings (SSSR count). The van der Waals surface area contributed by atoms with Crippen molar-refractivity contribution < 1.29 is 14.9 Å². The van der Waals surface area contributed by atoms with Crippen LogP contribution in [0.25, 0.3) is 0 Å². The van der Waals surface area contributed by atoms with Crippen LogP contribution >= 0.6 is 0 Å². The molecule has 0 amide bonds. The van der Waals surface area contributed by atoms with Gasteiger partial charge in [-0.05, 0) is 6.92 Å². The first-order chi connectivity index (χ1) is 6.88. The Bertz CT molecular complexity index is 320. The first-order valence-corrected chi connectivity index (χ1v) is 5.04. The summed E-state index contributed by atoms with van der Waals surface area (Å²) in [6.45, 7) is 5.64. The highest BCUT2D eigenvalue weighted by Gasteiger charge is 2.19. The Morgan fingerprint density at radius 2 is 2.07 bits per heavy atom. The van der Waals surface area contributed by atoms with Crippen molar-refractivity contribution in [3.05, 3.63) is 29.8 Å². The van der Waals surface area contributed by atoms with Gasteiger partial charge in [-0.2, -0.15) is 0 Å². The van der Waals surface area contributed by atoms with Gasteiger partial charge in [0.1, 0.15) is 0 Å². The van der Waals surface area contributed by atoms with Gasteiger partial charge in [-0.25, -0.2) is 0 Å². The molecule has 0 saturated heterocycles. The SMILES string of the molecule is CB(COC(C)(O)O)c1cccc(C)c1. The van der Waals surface area contributed by atoms with Gasteiger partial charge in [0, 0.05) is 13.4 Å². The van der Waals surface area contributed by atoms with Crippen molar-refractivity contribution in [3.8, 4) is 0 Å². The van der Waals surface area contributed by atoms with Gasteiger partial charge in [0.05, 0.1) is 0 Å². The van der Waals surface area contributed by atoms with Crippen molar-refractivity contribution in [1.29, 1.82) is 0 Å². The lowest BCUT2D eigenvalue weighted by molar-refractivity contribution is -0.317. The van der Waals surface area contributed by atoms with Crippen LogP contribution in [0.2, 0.25) is 6.82 Å². The van der Waals surface area contributed by atoms with Gasteiger partial charge in [-0.15, -0.1) is 0 Å². The maximum absolute atomic E-state index is 9.00. The van der Waals surface area contributed by atoms with E-state index < -0.39 is 5.97 Å². The Morgan fingerprint density at radius 3 is 2.60 bits per heavy atom. The van der Waals surface area contributed by atoms with E-state index in [4.69, 9.17) is 14.9 Å². The molecule has 0 unspecified atom stereocenters. The van der Waals surface area contributed by atoms with Crippen LogP contribution < -0.4 is 5.46 Å². The van der Waals surface area contributed by atoms with Crippen molar-refractivity contribution in [2.24, 2.45) is 0 Å². The van der Waals surface area contributed by atoms with Gasteiger partial charge >= 0.3 is 0 Å². The van der Waals surface area contributed by atoms with Crippen molar-refractivity contribution in [2.45, 2.75) is 26.6 Å². The average molecular weight is 208 g/mol. The fourth-order valence-electron chi connectivity index (χ4n) is 1.36. The second kappa shape index (κ2) is 4.79. The monoisotopic (exact) mass is 208 g/mol. The molecule has 2 N–H and O–H groups in total. The first-order valence-electron chi connectivity index (χ1n) is 5.04. The molecule has 1 aromatic rings. The van der Waals surface area contributed by atoms with E-state index in [-0.39, 0.29) is 13.2 Å². The smallest absolute Gasteiger partial charge is 0.274 e. The number of benzene rings is 1. The van der Waals surface area contributed by atoms with Crippen molar-refractivity contribution >= 4 is 12.2 Å². The Labute approximate surface area is 90.8 Å². The summed E-state index contributed by atoms with van der Waals surface area (Å²) in [6, 6.07) is 8.09. The van der Waals surface area contributed by atoms with Gasteiger partial charge in [-0.3, -0.25) is 0 Å². The van der Waals surface area contributed by atoms with Crippen molar-refractivity contribution in [2.75, 3.05) is 6.51 Å². The standard InChI is InChI=1S/C11H17BO3/c1-9-5-4-6-10(7-9)12(3)8-15-11(2,13)14/h4-7,13-14H,8H2,1-3H3. The number of aliphatic hydroxyl groups is 2. The van der Waals surface area contributed by atoms with E-state index in [1.165, 1.54) is 12.5 Å². The zero-order valence-corrected chi connectivity index (χ0v) is 9.40. The molecule has 15 heavy (non-hydrogen) atoms. The summed E-state index contributed by atoms with van der Waals surface area (Å²) >= 11 is 0. The van der Waals surface area contributed by atoms with Crippen LogP contribution in [0.15, 0.2) is 24.3 Å². The lowest BCUT2D eigenvalue weighted by Crippen LogP contribution is -2.38. The van der Waals surface area contributed by atoms with E-state index in [0.717, 1.165) is 5.46 Å². The predicted molar refractivity (Wildman–Crippen MR) is 61.2 cm³/mol. The van der Waals surface area contributed by atoms with Crippen LogP contribution in [-0.4, -0.2) is 29.4 Å². The molecule has 0 atom stereocenters. The third-order valence-electron chi connectivity index (χ3n) is 2.22. The quantitative estimate of drug-likeness (QED) is 0.560. The molecule has 0 aliphatic carbocycles. The van der Waals surface area contributed by atoms with Crippen LogP contribution in [0.5, 0.6) is 0 Å². The van der Waals surface area contributed by atoms with Crippen LogP contribution in [-0.2, 0) is 4.74 Å². The highest BCUT2D eigenvalue weighted by Crippen LogP contribution is 2.01. The Morgan fingerprint density at radius 1 is 1.40 bits per heavy atom. The van der Waals surface area contributed by atoms with Crippen LogP contribution in [0.1, 0.15) is 12.5 Å². The zero-order valence-electron chi connectivity index (χ0n) is 9.40. The van der Waals surface area contributed by atoms with E-state index in [9.17, 15) is 0 Å². The minimum atomic E-state index is -2.04. The second-order valence-electron chi connectivity index (χ2n) is 4.06. The predicted octanol–water partition coefficient (Wildman–Crippen LogP) is 0.541. The van der Waals surface area contributed by atoms with Gasteiger partial charge in [-0.1, -0.05) is 42.1 Å². The molecule has 0 aliphatic rings.